The molecule has 9 heavy (non-hydrogen) atoms. The molecule has 48 valence electrons. The fourth-order valence-corrected chi connectivity index (χ4v) is 0.407. The van der Waals surface area contributed by atoms with Crippen LogP contribution in [0.15, 0.2) is 23.3 Å². The molecule has 1 aromatic rings. The van der Waals surface area contributed by atoms with Crippen LogP contribution in [0.2, 0.25) is 0 Å². The van der Waals surface area contributed by atoms with Gasteiger partial charge >= 0.3 is 25.8 Å². The number of aromatic amines is 1. The van der Waals surface area contributed by atoms with Crippen molar-refractivity contribution in [2.45, 2.75) is 0 Å². The third kappa shape index (κ3) is 2.13. The summed E-state index contributed by atoms with van der Waals surface area (Å²) >= 11 is 0. The molecule has 0 radical (unpaired) electrons. The predicted molar refractivity (Wildman–Crippen MR) is 38.7 cm³/mol. The molecule has 0 saturated carbocycles. The van der Waals surface area contributed by atoms with Gasteiger partial charge in [0.1, 0.15) is 0 Å². The first kappa shape index (κ1) is 8.62. The molecule has 2 N–H and O–H groups in total. The molecule has 0 fully saturated rings. The van der Waals surface area contributed by atoms with Crippen molar-refractivity contribution < 1.29 is 5.11 Å². The molecule has 1 aromatic heterocycles. The number of hydrogen-bond donors (Lipinski definition) is 2. The Balaban J connectivity index is 0.000000640. The molecule has 0 unspecified atom stereocenters. The van der Waals surface area contributed by atoms with Gasteiger partial charge in [0.15, 0.2) is 5.75 Å². The summed E-state index contributed by atoms with van der Waals surface area (Å²) < 4.78 is 0. The summed E-state index contributed by atoms with van der Waals surface area (Å²) in [4.78, 5) is 12.9. The minimum absolute atomic E-state index is 0. The van der Waals surface area contributed by atoms with Crippen LogP contribution in [-0.2, 0) is 0 Å². The van der Waals surface area contributed by atoms with Crippen LogP contribution in [0.1, 0.15) is 0 Å². The summed E-state index contributed by atoms with van der Waals surface area (Å²) in [6.45, 7) is 0. The van der Waals surface area contributed by atoms with Crippen LogP contribution in [-0.4, -0.2) is 35.9 Å². The number of H-pyrrole nitrogens is 1. The number of nitrogens with one attached hydrogen (secondary N) is 1. The van der Waals surface area contributed by atoms with Crippen LogP contribution < -0.4 is 5.43 Å². The second kappa shape index (κ2) is 3.61. The third-order valence-corrected chi connectivity index (χ3v) is 0.803. The number of aromatic nitrogens is 1. The maximum absolute atomic E-state index is 10.3. The Morgan fingerprint density at radius 1 is 1.56 bits per heavy atom. The normalized spacial score (nSPS) is 8.00. The Labute approximate surface area is 70.5 Å². The zero-order chi connectivity index (χ0) is 5.98. The van der Waals surface area contributed by atoms with Crippen LogP contribution in [0.5, 0.6) is 5.75 Å². The topological polar surface area (TPSA) is 53.1 Å². The van der Waals surface area contributed by atoms with E-state index in [1.54, 1.807) is 0 Å². The van der Waals surface area contributed by atoms with Gasteiger partial charge in [0.25, 0.3) is 0 Å². The molecule has 0 aliphatic rings. The first-order valence-corrected chi connectivity index (χ1v) is 2.17. The molecular formula is C5H8InNO2. The van der Waals surface area contributed by atoms with Crippen molar-refractivity contribution in [1.82, 2.24) is 4.98 Å². The summed E-state index contributed by atoms with van der Waals surface area (Å²) in [6.07, 6.45) is 2.70. The van der Waals surface area contributed by atoms with Crippen molar-refractivity contribution in [2.75, 3.05) is 0 Å². The van der Waals surface area contributed by atoms with E-state index in [-0.39, 0.29) is 37.0 Å². The second-order valence-electron chi connectivity index (χ2n) is 1.39. The fraction of sp³-hybridized carbons (Fsp3) is 0. The van der Waals surface area contributed by atoms with Crippen LogP contribution >= 0.6 is 0 Å². The van der Waals surface area contributed by atoms with Crippen molar-refractivity contribution in [3.8, 4) is 5.75 Å². The van der Waals surface area contributed by atoms with E-state index in [2.05, 4.69) is 4.98 Å². The molecule has 0 amide bonds. The van der Waals surface area contributed by atoms with E-state index < -0.39 is 0 Å². The molecule has 0 spiro atoms. The number of rotatable bonds is 0. The van der Waals surface area contributed by atoms with Crippen LogP contribution in [0, 0.1) is 0 Å². The molecule has 0 atom stereocenters. The Bertz CT molecular complexity index is 232. The van der Waals surface area contributed by atoms with Gasteiger partial charge in [-0.1, -0.05) is 0 Å². The molecule has 3 nitrogen and oxygen atoms in total. The maximum atomic E-state index is 10.3. The summed E-state index contributed by atoms with van der Waals surface area (Å²) in [5, 5.41) is 8.58. The predicted octanol–water partition coefficient (Wildman–Crippen LogP) is -1.10. The van der Waals surface area contributed by atoms with E-state index >= 15 is 0 Å². The van der Waals surface area contributed by atoms with Gasteiger partial charge in [0.2, 0.25) is 5.43 Å². The summed E-state index contributed by atoms with van der Waals surface area (Å²) in [5.41, 5.74) is -0.358. The van der Waals surface area contributed by atoms with Crippen LogP contribution in [0.4, 0.5) is 0 Å². The van der Waals surface area contributed by atoms with E-state index in [0.717, 1.165) is 0 Å². The van der Waals surface area contributed by atoms with Gasteiger partial charge in [-0.3, -0.25) is 4.79 Å². The zero-order valence-corrected chi connectivity index (χ0v) is 4.09. The summed E-state index contributed by atoms with van der Waals surface area (Å²) in [5.74, 6) is -0.243. The monoisotopic (exact) mass is 229 g/mol. The third-order valence-electron chi connectivity index (χ3n) is 0.803. The Morgan fingerprint density at radius 3 is 2.56 bits per heavy atom. The van der Waals surface area contributed by atoms with Gasteiger partial charge in [-0.05, 0) is 0 Å². The van der Waals surface area contributed by atoms with E-state index in [0.29, 0.717) is 0 Å². The van der Waals surface area contributed by atoms with E-state index in [1.807, 2.05) is 0 Å². The molecule has 1 heterocycles. The molecule has 0 saturated heterocycles. The first-order valence-electron chi connectivity index (χ1n) is 2.17. The summed E-state index contributed by atoms with van der Waals surface area (Å²) in [7, 11) is 0. The van der Waals surface area contributed by atoms with Crippen molar-refractivity contribution in [3.05, 3.63) is 28.7 Å². The van der Waals surface area contributed by atoms with Gasteiger partial charge < -0.3 is 10.1 Å². The van der Waals surface area contributed by atoms with Gasteiger partial charge in [0.05, 0.1) is 0 Å². The molecule has 0 bridgehead atoms. The van der Waals surface area contributed by atoms with Crippen molar-refractivity contribution in [2.24, 2.45) is 0 Å². The van der Waals surface area contributed by atoms with Gasteiger partial charge in [0, 0.05) is 18.5 Å². The molecular weight excluding hydrogens is 221 g/mol. The van der Waals surface area contributed by atoms with Crippen molar-refractivity contribution in [1.29, 1.82) is 0 Å². The van der Waals surface area contributed by atoms with Crippen LogP contribution in [0.25, 0.3) is 0 Å². The number of aromatic hydroxyl groups is 1. The molecule has 4 heteroatoms. The number of hydrogen-bond acceptors (Lipinski definition) is 2. The molecule has 0 aliphatic heterocycles. The standard InChI is InChI=1S/C5H5NO2.In.3H/c7-4-1-2-6-3-5(4)8;;;;/h1-3,8H,(H,6,7);;;;. The van der Waals surface area contributed by atoms with Crippen molar-refractivity contribution >= 4 is 25.8 Å². The molecule has 0 aliphatic carbocycles. The van der Waals surface area contributed by atoms with E-state index in [4.69, 9.17) is 5.11 Å². The molecule has 1 rings (SSSR count). The van der Waals surface area contributed by atoms with E-state index in [1.165, 1.54) is 18.5 Å². The Hall–Kier alpha value is -0.380. The quantitative estimate of drug-likeness (QED) is 0.593. The van der Waals surface area contributed by atoms with Gasteiger partial charge in [-0.25, -0.2) is 0 Å². The zero-order valence-electron chi connectivity index (χ0n) is 4.09. The van der Waals surface area contributed by atoms with Gasteiger partial charge in [-0.15, -0.1) is 0 Å². The average molecular weight is 229 g/mol. The second-order valence-corrected chi connectivity index (χ2v) is 1.39. The fourth-order valence-electron chi connectivity index (χ4n) is 0.407. The average Bonchev–Trinajstić information content (AvgIpc) is 1.77. The van der Waals surface area contributed by atoms with Crippen molar-refractivity contribution in [3.63, 3.8) is 0 Å². The minimum atomic E-state index is -0.358. The Morgan fingerprint density at radius 2 is 2.22 bits per heavy atom. The Kier molecular flexibility index (Phi) is 3.46. The number of pyridine rings is 1. The van der Waals surface area contributed by atoms with Gasteiger partial charge in [-0.2, -0.15) is 0 Å². The first-order chi connectivity index (χ1) is 3.80. The van der Waals surface area contributed by atoms with Crippen LogP contribution in [0.3, 0.4) is 0 Å². The van der Waals surface area contributed by atoms with E-state index in [9.17, 15) is 4.79 Å². The summed E-state index contributed by atoms with van der Waals surface area (Å²) in [6, 6.07) is 1.26. The SMILES string of the molecule is O=c1cc[nH]cc1O.[InH3]. The molecule has 0 aromatic carbocycles.